The van der Waals surface area contributed by atoms with Crippen LogP contribution in [0.5, 0.6) is 0 Å². The molecule has 2 fully saturated rings. The second-order valence-corrected chi connectivity index (χ2v) is 20.0. The summed E-state index contributed by atoms with van der Waals surface area (Å²) in [5.74, 6) is -1.40. The summed E-state index contributed by atoms with van der Waals surface area (Å²) in [7, 11) is 0. The van der Waals surface area contributed by atoms with Crippen LogP contribution in [-0.4, -0.2) is 117 Å². The van der Waals surface area contributed by atoms with Crippen molar-refractivity contribution in [3.8, 4) is 0 Å². The van der Waals surface area contributed by atoms with Gasteiger partial charge in [-0.1, -0.05) is 212 Å². The smallest absolute Gasteiger partial charge is 0.333 e. The van der Waals surface area contributed by atoms with Crippen molar-refractivity contribution in [3.05, 3.63) is 11.6 Å². The first-order valence-corrected chi connectivity index (χ1v) is 27.8. The molecule has 0 saturated carbocycles. The maximum atomic E-state index is 13.7. The van der Waals surface area contributed by atoms with Crippen LogP contribution in [0, 0.1) is 5.92 Å². The van der Waals surface area contributed by atoms with Crippen LogP contribution in [0.2, 0.25) is 0 Å². The van der Waals surface area contributed by atoms with E-state index in [9.17, 15) is 35.1 Å². The molecule has 16 nitrogen and oxygen atoms in total. The van der Waals surface area contributed by atoms with Gasteiger partial charge < -0.3 is 49.2 Å². The second-order valence-electron chi connectivity index (χ2n) is 19.6. The number of rotatable bonds is 43. The van der Waals surface area contributed by atoms with Crippen molar-refractivity contribution < 1.29 is 77.6 Å². The first kappa shape index (κ1) is 63.7. The highest BCUT2D eigenvalue weighted by Gasteiger charge is 2.54. The summed E-state index contributed by atoms with van der Waals surface area (Å²) in [6, 6.07) is 0. The molecule has 2 aliphatic rings. The lowest BCUT2D eigenvalue weighted by atomic mass is 9.97. The van der Waals surface area contributed by atoms with Crippen molar-refractivity contribution in [1.29, 1.82) is 0 Å². The standard InChI is InChI=1S/C52H96O16S/c1-5-7-9-11-13-15-17-19-20-21-23-24-26-28-30-32-34-39(3)36-40(4)50(59)64-47-45(57)42(38-54)62-52(65-51-48(66-69-68-67-60)46(58)44(56)41(37-53)61-51)49(47)63-43(55)35-33-31-29-27-25-22-18-16-14-12-10-8-6-2/h36,39,41-42,44-49,51-54,56-58,60H,5-35,37-38H2,1-4H3/t39-,41?,42?,44?,45?,46?,47?,48?,49?,51?,52?/m0/s1. The zero-order chi connectivity index (χ0) is 50.5. The predicted molar refractivity (Wildman–Crippen MR) is 265 cm³/mol. The van der Waals surface area contributed by atoms with Gasteiger partial charge in [0.1, 0.15) is 30.5 Å². The first-order chi connectivity index (χ1) is 33.5. The number of hydrogen-bond acceptors (Lipinski definition) is 17. The number of unbranched alkanes of at least 4 members (excludes halogenated alkanes) is 27. The largest absolute Gasteiger partial charge is 0.453 e. The van der Waals surface area contributed by atoms with Crippen LogP contribution < -0.4 is 0 Å². The van der Waals surface area contributed by atoms with Crippen molar-refractivity contribution in [1.82, 2.24) is 0 Å². The number of aliphatic hydroxyl groups is 5. The third-order valence-electron chi connectivity index (χ3n) is 13.5. The van der Waals surface area contributed by atoms with Gasteiger partial charge in [0.05, 0.1) is 13.2 Å². The van der Waals surface area contributed by atoms with Crippen LogP contribution in [0.4, 0.5) is 0 Å². The molecule has 0 radical (unpaired) electrons. The quantitative estimate of drug-likeness (QED) is 0.00833. The van der Waals surface area contributed by atoms with E-state index >= 15 is 0 Å². The van der Waals surface area contributed by atoms with Gasteiger partial charge in [0.15, 0.2) is 36.9 Å². The van der Waals surface area contributed by atoms with Crippen molar-refractivity contribution in [2.75, 3.05) is 13.2 Å². The molecule has 0 spiro atoms. The highest BCUT2D eigenvalue weighted by Crippen LogP contribution is 2.34. The van der Waals surface area contributed by atoms with Gasteiger partial charge in [0.2, 0.25) is 6.29 Å². The Kier molecular flexibility index (Phi) is 37.8. The van der Waals surface area contributed by atoms with E-state index in [1.807, 2.05) is 13.0 Å². The van der Waals surface area contributed by atoms with Crippen LogP contribution in [-0.2, 0) is 46.8 Å². The van der Waals surface area contributed by atoms with Crippen LogP contribution in [0.15, 0.2) is 11.6 Å². The zero-order valence-corrected chi connectivity index (χ0v) is 43.8. The second kappa shape index (κ2) is 41.0. The van der Waals surface area contributed by atoms with Crippen LogP contribution in [0.1, 0.15) is 227 Å². The molecule has 0 amide bonds. The highest BCUT2D eigenvalue weighted by atomic mass is 32.2. The molecular weight excluding hydrogens is 913 g/mol. The Morgan fingerprint density at radius 3 is 1.43 bits per heavy atom. The lowest BCUT2D eigenvalue weighted by Gasteiger charge is -2.46. The van der Waals surface area contributed by atoms with Crippen molar-refractivity contribution in [2.45, 2.75) is 288 Å². The number of ether oxygens (including phenoxy) is 5. The third kappa shape index (κ3) is 27.4. The van der Waals surface area contributed by atoms with E-state index in [2.05, 4.69) is 23.2 Å². The summed E-state index contributed by atoms with van der Waals surface area (Å²) >= 11 is 0.0630. The minimum Gasteiger partial charge on any atom is -0.453 e. The van der Waals surface area contributed by atoms with E-state index < -0.39 is 86.6 Å². The minimum atomic E-state index is -1.77. The lowest BCUT2D eigenvalue weighted by molar-refractivity contribution is -0.435. The van der Waals surface area contributed by atoms with Gasteiger partial charge in [-0.25, -0.2) is 10.1 Å². The Morgan fingerprint density at radius 2 is 0.986 bits per heavy atom. The topological polar surface area (TPSA) is 229 Å². The molecule has 2 heterocycles. The molecule has 11 atom stereocenters. The van der Waals surface area contributed by atoms with Gasteiger partial charge in [-0.05, 0) is 25.7 Å². The molecule has 6 N–H and O–H groups in total. The Balaban J connectivity index is 2.02. The fourth-order valence-electron chi connectivity index (χ4n) is 9.19. The number of aliphatic hydroxyl groups excluding tert-OH is 5. The zero-order valence-electron chi connectivity index (χ0n) is 42.9. The summed E-state index contributed by atoms with van der Waals surface area (Å²) in [6.45, 7) is 6.61. The molecule has 10 unspecified atom stereocenters. The van der Waals surface area contributed by atoms with Crippen molar-refractivity contribution >= 4 is 24.3 Å². The number of carbonyl (C=O) groups excluding carboxylic acids is 2. The van der Waals surface area contributed by atoms with Gasteiger partial charge >= 0.3 is 11.9 Å². The van der Waals surface area contributed by atoms with Gasteiger partial charge in [-0.2, -0.15) is 0 Å². The average molecular weight is 1010 g/mol. The van der Waals surface area contributed by atoms with E-state index in [-0.39, 0.29) is 30.2 Å². The van der Waals surface area contributed by atoms with Crippen LogP contribution >= 0.6 is 12.3 Å². The van der Waals surface area contributed by atoms with E-state index in [0.29, 0.717) is 6.42 Å². The Labute approximate surface area is 419 Å². The molecule has 0 aliphatic carbocycles. The Bertz CT molecular complexity index is 1300. The molecule has 0 aromatic heterocycles. The van der Waals surface area contributed by atoms with E-state index in [0.717, 1.165) is 44.9 Å². The summed E-state index contributed by atoms with van der Waals surface area (Å²) in [5.41, 5.74) is 0.280. The van der Waals surface area contributed by atoms with Crippen LogP contribution in [0.25, 0.3) is 0 Å². The monoisotopic (exact) mass is 1010 g/mol. The number of esters is 2. The SMILES string of the molecule is CCCCCCCCCCCCCCCCCC[C@H](C)C=C(C)C(=O)OC1C(O)C(CO)OC(OC2OC(CO)C(O)C(O)C2OSOOO)C1OC(=O)CCCCCCCCCCCCCCC. The van der Waals surface area contributed by atoms with Gasteiger partial charge in [0, 0.05) is 12.0 Å². The molecular formula is C52H96O16S. The van der Waals surface area contributed by atoms with E-state index in [1.54, 1.807) is 6.92 Å². The minimum absolute atomic E-state index is 0.00920. The summed E-state index contributed by atoms with van der Waals surface area (Å²) in [5, 5.41) is 65.3. The van der Waals surface area contributed by atoms with Gasteiger partial charge in [0.25, 0.3) is 0 Å². The molecule has 2 rings (SSSR count). The molecule has 69 heavy (non-hydrogen) atoms. The molecule has 2 saturated heterocycles. The molecule has 17 heteroatoms. The lowest BCUT2D eigenvalue weighted by Crippen LogP contribution is -2.65. The van der Waals surface area contributed by atoms with Crippen molar-refractivity contribution in [3.63, 3.8) is 0 Å². The first-order valence-electron chi connectivity index (χ1n) is 27.1. The predicted octanol–water partition coefficient (Wildman–Crippen LogP) is 10.4. The number of carbonyl (C=O) groups is 2. The number of hydrogen-bond donors (Lipinski definition) is 6. The summed E-state index contributed by atoms with van der Waals surface area (Å²) < 4.78 is 39.1. The molecule has 406 valence electrons. The van der Waals surface area contributed by atoms with Crippen molar-refractivity contribution in [2.24, 2.45) is 5.92 Å². The maximum absolute atomic E-state index is 13.7. The molecule has 0 aromatic rings. The summed E-state index contributed by atoms with van der Waals surface area (Å²) in [6.07, 6.45) is 21.8. The highest BCUT2D eigenvalue weighted by molar-refractivity contribution is 7.89. The Hall–Kier alpha value is -1.45. The Morgan fingerprint density at radius 1 is 0.565 bits per heavy atom. The van der Waals surface area contributed by atoms with E-state index in [1.165, 1.54) is 141 Å². The number of allylic oxidation sites excluding steroid dienone is 1. The fourth-order valence-corrected chi connectivity index (χ4v) is 9.54. The average Bonchev–Trinajstić information content (AvgIpc) is 3.34. The van der Waals surface area contributed by atoms with Crippen LogP contribution in [0.3, 0.4) is 0 Å². The molecule has 0 aromatic carbocycles. The van der Waals surface area contributed by atoms with E-state index in [4.69, 9.17) is 33.1 Å². The van der Waals surface area contributed by atoms with Gasteiger partial charge in [-0.15, -0.1) is 4.33 Å². The van der Waals surface area contributed by atoms with Gasteiger partial charge in [-0.3, -0.25) is 8.98 Å². The summed E-state index contributed by atoms with van der Waals surface area (Å²) in [4.78, 5) is 27.2. The normalized spacial score (nSPS) is 25.7. The molecule has 2 aliphatic heterocycles. The fraction of sp³-hybridized carbons (Fsp3) is 0.923. The molecule has 0 bridgehead atoms. The third-order valence-corrected chi connectivity index (χ3v) is 13.9. The maximum Gasteiger partial charge on any atom is 0.333 e.